The van der Waals surface area contributed by atoms with E-state index in [-0.39, 0.29) is 17.3 Å². The molecule has 0 radical (unpaired) electrons. The molecule has 1 unspecified atom stereocenters. The average molecular weight is 267 g/mol. The molecule has 1 aliphatic rings. The van der Waals surface area contributed by atoms with Crippen LogP contribution in [-0.2, 0) is 9.53 Å². The largest absolute Gasteiger partial charge is 0.409 e. The molecule has 0 spiro atoms. The molecule has 1 aromatic carbocycles. The number of hydrogen-bond acceptors (Lipinski definition) is 4. The van der Waals surface area contributed by atoms with Crippen molar-refractivity contribution in [3.63, 3.8) is 0 Å². The highest BCUT2D eigenvalue weighted by Gasteiger charge is 2.23. The first-order valence-electron chi connectivity index (χ1n) is 5.81. The fourth-order valence-corrected chi connectivity index (χ4v) is 1.86. The van der Waals surface area contributed by atoms with Crippen LogP contribution in [0.1, 0.15) is 18.4 Å². The van der Waals surface area contributed by atoms with E-state index in [1.54, 1.807) is 0 Å². The number of anilines is 1. The third-order valence-corrected chi connectivity index (χ3v) is 2.84. The molecule has 1 amide bonds. The first-order valence-corrected chi connectivity index (χ1v) is 5.81. The third kappa shape index (κ3) is 3.00. The number of nitrogens with two attached hydrogens (primary N) is 1. The summed E-state index contributed by atoms with van der Waals surface area (Å²) < 4.78 is 18.7. The molecule has 102 valence electrons. The molecule has 0 aliphatic carbocycles. The van der Waals surface area contributed by atoms with Crippen molar-refractivity contribution in [2.75, 3.05) is 11.9 Å². The highest BCUT2D eigenvalue weighted by molar-refractivity contribution is 6.00. The van der Waals surface area contributed by atoms with E-state index in [4.69, 9.17) is 15.7 Å². The van der Waals surface area contributed by atoms with Crippen LogP contribution in [0.5, 0.6) is 0 Å². The number of carbonyl (C=O) groups excluding carboxylic acids is 1. The molecule has 2 rings (SSSR count). The molecule has 1 aliphatic heterocycles. The zero-order valence-corrected chi connectivity index (χ0v) is 10.1. The topological polar surface area (TPSA) is 96.9 Å². The predicted molar refractivity (Wildman–Crippen MR) is 66.5 cm³/mol. The summed E-state index contributed by atoms with van der Waals surface area (Å²) in [6.07, 6.45) is 1.04. The van der Waals surface area contributed by atoms with E-state index in [2.05, 4.69) is 10.5 Å². The van der Waals surface area contributed by atoms with Crippen molar-refractivity contribution in [1.29, 1.82) is 0 Å². The van der Waals surface area contributed by atoms with Crippen molar-refractivity contribution in [3.05, 3.63) is 29.6 Å². The van der Waals surface area contributed by atoms with Gasteiger partial charge in [0.25, 0.3) is 5.91 Å². The fourth-order valence-electron chi connectivity index (χ4n) is 1.86. The lowest BCUT2D eigenvalue weighted by Crippen LogP contribution is -2.27. The van der Waals surface area contributed by atoms with Crippen LogP contribution in [0.4, 0.5) is 10.1 Å². The number of oxime groups is 1. The molecule has 1 fully saturated rings. The molecule has 0 bridgehead atoms. The number of amides is 1. The molecule has 1 atom stereocenters. The van der Waals surface area contributed by atoms with Crippen LogP contribution in [0.3, 0.4) is 0 Å². The van der Waals surface area contributed by atoms with Crippen LogP contribution in [0, 0.1) is 5.82 Å². The summed E-state index contributed by atoms with van der Waals surface area (Å²) in [6.45, 7) is 0.566. The van der Waals surface area contributed by atoms with Gasteiger partial charge in [-0.25, -0.2) is 4.39 Å². The number of halogens is 1. The maximum Gasteiger partial charge on any atom is 0.253 e. The smallest absolute Gasteiger partial charge is 0.253 e. The second-order valence-electron chi connectivity index (χ2n) is 4.17. The quantitative estimate of drug-likeness (QED) is 0.330. The van der Waals surface area contributed by atoms with Gasteiger partial charge in [-0.3, -0.25) is 4.79 Å². The average Bonchev–Trinajstić information content (AvgIpc) is 2.94. The van der Waals surface area contributed by atoms with Gasteiger partial charge in [0, 0.05) is 12.3 Å². The first-order chi connectivity index (χ1) is 9.11. The van der Waals surface area contributed by atoms with Gasteiger partial charge >= 0.3 is 0 Å². The maximum atomic E-state index is 13.4. The van der Waals surface area contributed by atoms with Crippen molar-refractivity contribution >= 4 is 17.4 Å². The molecular formula is C12H14FN3O3. The summed E-state index contributed by atoms with van der Waals surface area (Å²) in [4.78, 5) is 11.8. The van der Waals surface area contributed by atoms with Gasteiger partial charge in [0.05, 0.1) is 5.56 Å². The van der Waals surface area contributed by atoms with Gasteiger partial charge < -0.3 is 21.0 Å². The summed E-state index contributed by atoms with van der Waals surface area (Å²) >= 11 is 0. The van der Waals surface area contributed by atoms with Gasteiger partial charge in [-0.2, -0.15) is 0 Å². The molecule has 0 aromatic heterocycles. The van der Waals surface area contributed by atoms with E-state index in [9.17, 15) is 9.18 Å². The Balaban J connectivity index is 2.14. The van der Waals surface area contributed by atoms with Gasteiger partial charge in [0.2, 0.25) is 0 Å². The van der Waals surface area contributed by atoms with Crippen molar-refractivity contribution in [2.45, 2.75) is 18.9 Å². The Bertz CT molecular complexity index is 513. The minimum Gasteiger partial charge on any atom is -0.409 e. The van der Waals surface area contributed by atoms with Gasteiger partial charge in [-0.05, 0) is 31.0 Å². The molecule has 4 N–H and O–H groups in total. The number of amidine groups is 1. The van der Waals surface area contributed by atoms with Crippen LogP contribution < -0.4 is 11.1 Å². The lowest BCUT2D eigenvalue weighted by molar-refractivity contribution is -0.124. The second-order valence-corrected chi connectivity index (χ2v) is 4.17. The summed E-state index contributed by atoms with van der Waals surface area (Å²) in [6, 6.07) is 3.84. The first kappa shape index (κ1) is 13.3. The van der Waals surface area contributed by atoms with E-state index in [0.29, 0.717) is 18.7 Å². The lowest BCUT2D eigenvalue weighted by Gasteiger charge is -2.11. The normalized spacial score (nSPS) is 19.4. The summed E-state index contributed by atoms with van der Waals surface area (Å²) in [5.74, 6) is -1.27. The van der Waals surface area contributed by atoms with Crippen LogP contribution in [0.2, 0.25) is 0 Å². The molecule has 1 heterocycles. The standard InChI is InChI=1S/C12H14FN3O3/c13-9-4-3-7(6-8(9)11(14)16-18)15-12(17)10-2-1-5-19-10/h3-4,6,10,18H,1-2,5H2,(H2,14,16)(H,15,17). The van der Waals surface area contributed by atoms with Crippen LogP contribution in [0.25, 0.3) is 0 Å². The Labute approximate surface area is 109 Å². The lowest BCUT2D eigenvalue weighted by atomic mass is 10.1. The van der Waals surface area contributed by atoms with Crippen LogP contribution >= 0.6 is 0 Å². The van der Waals surface area contributed by atoms with Crippen molar-refractivity contribution in [2.24, 2.45) is 10.9 Å². The second kappa shape index (κ2) is 5.66. The van der Waals surface area contributed by atoms with Gasteiger partial charge in [0.1, 0.15) is 11.9 Å². The molecule has 0 saturated carbocycles. The number of carbonyl (C=O) groups is 1. The van der Waals surface area contributed by atoms with Gasteiger partial charge in [-0.1, -0.05) is 5.16 Å². The Kier molecular flexibility index (Phi) is 3.96. The van der Waals surface area contributed by atoms with E-state index in [0.717, 1.165) is 12.5 Å². The van der Waals surface area contributed by atoms with Crippen molar-refractivity contribution < 1.29 is 19.1 Å². The molecule has 6 nitrogen and oxygen atoms in total. The monoisotopic (exact) mass is 267 g/mol. The minimum atomic E-state index is -0.634. The number of hydrogen-bond donors (Lipinski definition) is 3. The number of ether oxygens (including phenoxy) is 1. The predicted octanol–water partition coefficient (Wildman–Crippen LogP) is 1.04. The summed E-state index contributed by atoms with van der Waals surface area (Å²) in [5, 5.41) is 13.9. The van der Waals surface area contributed by atoms with Gasteiger partial charge in [-0.15, -0.1) is 0 Å². The Morgan fingerprint density at radius 2 is 2.37 bits per heavy atom. The van der Waals surface area contributed by atoms with E-state index in [1.165, 1.54) is 12.1 Å². The molecule has 19 heavy (non-hydrogen) atoms. The van der Waals surface area contributed by atoms with Crippen molar-refractivity contribution in [1.82, 2.24) is 0 Å². The van der Waals surface area contributed by atoms with Crippen LogP contribution in [-0.4, -0.2) is 29.7 Å². The molecule has 7 heteroatoms. The minimum absolute atomic E-state index is 0.0763. The summed E-state index contributed by atoms with van der Waals surface area (Å²) in [5.41, 5.74) is 5.63. The molecular weight excluding hydrogens is 253 g/mol. The molecule has 1 aromatic rings. The number of rotatable bonds is 3. The summed E-state index contributed by atoms with van der Waals surface area (Å²) in [7, 11) is 0. The Hall–Kier alpha value is -2.15. The SMILES string of the molecule is NC(=NO)c1cc(NC(=O)C2CCCO2)ccc1F. The Morgan fingerprint density at radius 3 is 3.00 bits per heavy atom. The Morgan fingerprint density at radius 1 is 1.58 bits per heavy atom. The zero-order valence-electron chi connectivity index (χ0n) is 10.1. The van der Waals surface area contributed by atoms with Crippen LogP contribution in [0.15, 0.2) is 23.4 Å². The highest BCUT2D eigenvalue weighted by atomic mass is 19.1. The molecule has 1 saturated heterocycles. The fraction of sp³-hybridized carbons (Fsp3) is 0.333. The number of nitrogens with one attached hydrogen (secondary N) is 1. The van der Waals surface area contributed by atoms with E-state index >= 15 is 0 Å². The van der Waals surface area contributed by atoms with E-state index in [1.807, 2.05) is 0 Å². The third-order valence-electron chi connectivity index (χ3n) is 2.84. The highest BCUT2D eigenvalue weighted by Crippen LogP contribution is 2.18. The van der Waals surface area contributed by atoms with Crippen molar-refractivity contribution in [3.8, 4) is 0 Å². The zero-order chi connectivity index (χ0) is 13.8. The van der Waals surface area contributed by atoms with Gasteiger partial charge in [0.15, 0.2) is 5.84 Å². The maximum absolute atomic E-state index is 13.4. The number of nitrogens with zero attached hydrogens (tertiary/aromatic N) is 1. The van der Waals surface area contributed by atoms with E-state index < -0.39 is 11.9 Å². The number of benzene rings is 1.